The van der Waals surface area contributed by atoms with Gasteiger partial charge in [-0.05, 0) is 44.8 Å². The summed E-state index contributed by atoms with van der Waals surface area (Å²) in [6.07, 6.45) is -3.47. The van der Waals surface area contributed by atoms with Gasteiger partial charge in [0, 0.05) is 6.42 Å². The van der Waals surface area contributed by atoms with Gasteiger partial charge in [-0.1, -0.05) is 6.92 Å². The van der Waals surface area contributed by atoms with Gasteiger partial charge < -0.3 is 16.0 Å². The Morgan fingerprint density at radius 2 is 2.05 bits per heavy atom. The van der Waals surface area contributed by atoms with Crippen molar-refractivity contribution in [3.8, 4) is 0 Å². The van der Waals surface area contributed by atoms with Crippen LogP contribution in [0.2, 0.25) is 0 Å². The molecule has 0 aliphatic heterocycles. The Labute approximate surface area is 122 Å². The smallest absolute Gasteiger partial charge is 0.397 e. The molecular formula is C14H20F3N3O. The van der Waals surface area contributed by atoms with Crippen LogP contribution in [0.1, 0.15) is 25.3 Å². The van der Waals surface area contributed by atoms with Crippen LogP contribution in [0.4, 0.5) is 24.5 Å². The highest BCUT2D eigenvalue weighted by atomic mass is 19.4. The highest BCUT2D eigenvalue weighted by Crippen LogP contribution is 2.32. The first-order valence-corrected chi connectivity index (χ1v) is 6.69. The topological polar surface area (TPSA) is 58.4 Å². The first kappa shape index (κ1) is 17.3. The standard InChI is InChI=1S/C14H20F3N3O/c1-3-20(2)8-4-5-13(21)19-12-7-6-10(9-11(12)18)14(15,16)17/h6-7,9H,3-5,8,18H2,1-2H3,(H,19,21). The van der Waals surface area contributed by atoms with E-state index < -0.39 is 11.7 Å². The minimum Gasteiger partial charge on any atom is -0.397 e. The van der Waals surface area contributed by atoms with Crippen molar-refractivity contribution in [2.75, 3.05) is 31.2 Å². The number of carbonyl (C=O) groups is 1. The molecule has 0 aliphatic rings. The fourth-order valence-corrected chi connectivity index (χ4v) is 1.73. The summed E-state index contributed by atoms with van der Waals surface area (Å²) in [5.41, 5.74) is 4.82. The molecule has 118 valence electrons. The molecule has 0 atom stereocenters. The monoisotopic (exact) mass is 303 g/mol. The van der Waals surface area contributed by atoms with E-state index in [-0.39, 0.29) is 17.3 Å². The molecule has 0 spiro atoms. The molecule has 0 aromatic heterocycles. The predicted molar refractivity (Wildman–Crippen MR) is 76.9 cm³/mol. The quantitative estimate of drug-likeness (QED) is 0.794. The number of nitrogen functional groups attached to an aromatic ring is 1. The van der Waals surface area contributed by atoms with Crippen LogP contribution in [0.25, 0.3) is 0 Å². The van der Waals surface area contributed by atoms with E-state index in [1.54, 1.807) is 0 Å². The zero-order chi connectivity index (χ0) is 16.0. The van der Waals surface area contributed by atoms with E-state index >= 15 is 0 Å². The van der Waals surface area contributed by atoms with Gasteiger partial charge in [0.1, 0.15) is 0 Å². The summed E-state index contributed by atoms with van der Waals surface area (Å²) >= 11 is 0. The number of nitrogens with one attached hydrogen (secondary N) is 1. The van der Waals surface area contributed by atoms with Crippen molar-refractivity contribution in [1.29, 1.82) is 0 Å². The van der Waals surface area contributed by atoms with Gasteiger partial charge in [-0.2, -0.15) is 13.2 Å². The van der Waals surface area contributed by atoms with Gasteiger partial charge >= 0.3 is 6.18 Å². The molecule has 0 saturated heterocycles. The molecule has 0 saturated carbocycles. The van der Waals surface area contributed by atoms with Crippen molar-refractivity contribution < 1.29 is 18.0 Å². The van der Waals surface area contributed by atoms with Crippen molar-refractivity contribution in [3.05, 3.63) is 23.8 Å². The van der Waals surface area contributed by atoms with Crippen molar-refractivity contribution in [3.63, 3.8) is 0 Å². The van der Waals surface area contributed by atoms with Crippen molar-refractivity contribution >= 4 is 17.3 Å². The molecule has 1 aromatic rings. The van der Waals surface area contributed by atoms with Gasteiger partial charge in [0.2, 0.25) is 5.91 Å². The molecule has 4 nitrogen and oxygen atoms in total. The van der Waals surface area contributed by atoms with Gasteiger partial charge in [0.15, 0.2) is 0 Å². The first-order chi connectivity index (χ1) is 9.74. The van der Waals surface area contributed by atoms with E-state index in [2.05, 4.69) is 10.2 Å². The van der Waals surface area contributed by atoms with Crippen LogP contribution in [0.5, 0.6) is 0 Å². The zero-order valence-electron chi connectivity index (χ0n) is 12.1. The fourth-order valence-electron chi connectivity index (χ4n) is 1.73. The Morgan fingerprint density at radius 1 is 1.38 bits per heavy atom. The van der Waals surface area contributed by atoms with E-state index in [9.17, 15) is 18.0 Å². The lowest BCUT2D eigenvalue weighted by Crippen LogP contribution is -2.21. The summed E-state index contributed by atoms with van der Waals surface area (Å²) in [5, 5.41) is 2.53. The summed E-state index contributed by atoms with van der Waals surface area (Å²) in [4.78, 5) is 13.8. The van der Waals surface area contributed by atoms with Gasteiger partial charge in [0.25, 0.3) is 0 Å². The zero-order valence-corrected chi connectivity index (χ0v) is 12.1. The second-order valence-corrected chi connectivity index (χ2v) is 4.85. The molecule has 1 rings (SSSR count). The minimum absolute atomic E-state index is 0.0937. The average Bonchev–Trinajstić information content (AvgIpc) is 2.39. The first-order valence-electron chi connectivity index (χ1n) is 6.69. The molecule has 7 heteroatoms. The molecule has 0 aliphatic carbocycles. The minimum atomic E-state index is -4.44. The molecular weight excluding hydrogens is 283 g/mol. The van der Waals surface area contributed by atoms with Crippen LogP contribution in [0, 0.1) is 0 Å². The Morgan fingerprint density at radius 3 is 2.57 bits per heavy atom. The number of anilines is 2. The Kier molecular flexibility index (Phi) is 6.02. The number of nitrogens with two attached hydrogens (primary N) is 1. The average molecular weight is 303 g/mol. The third-order valence-electron chi connectivity index (χ3n) is 3.14. The van der Waals surface area contributed by atoms with Crippen LogP contribution in [-0.2, 0) is 11.0 Å². The third kappa shape index (κ3) is 5.63. The third-order valence-corrected chi connectivity index (χ3v) is 3.14. The molecule has 0 bridgehead atoms. The van der Waals surface area contributed by atoms with Crippen molar-refractivity contribution in [2.24, 2.45) is 0 Å². The number of benzene rings is 1. The second-order valence-electron chi connectivity index (χ2n) is 4.85. The van der Waals surface area contributed by atoms with Crippen molar-refractivity contribution in [2.45, 2.75) is 25.9 Å². The maximum Gasteiger partial charge on any atom is 0.416 e. The fraction of sp³-hybridized carbons (Fsp3) is 0.500. The number of hydrogen-bond acceptors (Lipinski definition) is 3. The lowest BCUT2D eigenvalue weighted by Gasteiger charge is -2.14. The van der Waals surface area contributed by atoms with Crippen LogP contribution in [0.15, 0.2) is 18.2 Å². The number of nitrogens with zero attached hydrogens (tertiary/aromatic N) is 1. The highest BCUT2D eigenvalue weighted by molar-refractivity contribution is 5.93. The second kappa shape index (κ2) is 7.31. The number of alkyl halides is 3. The molecule has 21 heavy (non-hydrogen) atoms. The lowest BCUT2D eigenvalue weighted by molar-refractivity contribution is -0.137. The maximum absolute atomic E-state index is 12.5. The van der Waals surface area contributed by atoms with Crippen LogP contribution in [-0.4, -0.2) is 30.9 Å². The largest absolute Gasteiger partial charge is 0.416 e. The van der Waals surface area contributed by atoms with E-state index in [1.165, 1.54) is 6.07 Å². The number of rotatable bonds is 6. The number of amides is 1. The number of halogens is 3. The van der Waals surface area contributed by atoms with Crippen LogP contribution >= 0.6 is 0 Å². The van der Waals surface area contributed by atoms with Gasteiger partial charge in [0.05, 0.1) is 16.9 Å². The number of hydrogen-bond donors (Lipinski definition) is 2. The van der Waals surface area contributed by atoms with Crippen LogP contribution in [0.3, 0.4) is 0 Å². The van der Waals surface area contributed by atoms with E-state index in [0.29, 0.717) is 12.8 Å². The van der Waals surface area contributed by atoms with E-state index in [4.69, 9.17) is 5.73 Å². The number of carbonyl (C=O) groups excluding carboxylic acids is 1. The van der Waals surface area contributed by atoms with Gasteiger partial charge in [-0.25, -0.2) is 0 Å². The highest BCUT2D eigenvalue weighted by Gasteiger charge is 2.30. The molecule has 3 N–H and O–H groups in total. The Hall–Kier alpha value is -1.76. The molecule has 0 radical (unpaired) electrons. The Bertz CT molecular complexity index is 489. The van der Waals surface area contributed by atoms with Gasteiger partial charge in [-0.3, -0.25) is 4.79 Å². The summed E-state index contributed by atoms with van der Waals surface area (Å²) < 4.78 is 37.5. The molecule has 0 heterocycles. The maximum atomic E-state index is 12.5. The molecule has 0 unspecified atom stereocenters. The molecule has 0 fully saturated rings. The Balaban J connectivity index is 2.57. The van der Waals surface area contributed by atoms with Crippen LogP contribution < -0.4 is 11.1 Å². The molecule has 1 aromatic carbocycles. The summed E-state index contributed by atoms with van der Waals surface area (Å²) in [6.45, 7) is 3.70. The summed E-state index contributed by atoms with van der Waals surface area (Å²) in [5.74, 6) is -0.258. The van der Waals surface area contributed by atoms with E-state index in [1.807, 2.05) is 14.0 Å². The van der Waals surface area contributed by atoms with E-state index in [0.717, 1.165) is 25.2 Å². The lowest BCUT2D eigenvalue weighted by atomic mass is 10.1. The predicted octanol–water partition coefficient (Wildman–Crippen LogP) is 2.96. The SMILES string of the molecule is CCN(C)CCCC(=O)Nc1ccc(C(F)(F)F)cc1N. The van der Waals surface area contributed by atoms with Gasteiger partial charge in [-0.15, -0.1) is 0 Å². The van der Waals surface area contributed by atoms with Crippen molar-refractivity contribution in [1.82, 2.24) is 4.90 Å². The summed E-state index contributed by atoms with van der Waals surface area (Å²) in [6, 6.07) is 2.89. The molecule has 1 amide bonds. The normalized spacial score (nSPS) is 11.7. The summed E-state index contributed by atoms with van der Waals surface area (Å²) in [7, 11) is 1.95.